The summed E-state index contributed by atoms with van der Waals surface area (Å²) in [5.41, 5.74) is -0.636. The molecule has 0 spiro atoms. The minimum atomic E-state index is -0.636. The van der Waals surface area contributed by atoms with E-state index in [2.05, 4.69) is 6.58 Å². The maximum Gasteiger partial charge on any atom is 0.228 e. The molecule has 0 aromatic carbocycles. The molecule has 7 atom stereocenters. The number of aliphatic hydroxyl groups is 1. The van der Waals surface area contributed by atoms with E-state index in [0.717, 1.165) is 6.42 Å². The summed E-state index contributed by atoms with van der Waals surface area (Å²) in [6, 6.07) is 0. The summed E-state index contributed by atoms with van der Waals surface area (Å²) in [5, 5.41) is 10.1. The van der Waals surface area contributed by atoms with Crippen molar-refractivity contribution in [3.05, 3.63) is 12.7 Å². The van der Waals surface area contributed by atoms with Crippen LogP contribution >= 0.6 is 0 Å². The van der Waals surface area contributed by atoms with Gasteiger partial charge in [0, 0.05) is 13.0 Å². The van der Waals surface area contributed by atoms with Crippen LogP contribution in [-0.4, -0.2) is 40.9 Å². The molecule has 2 heterocycles. The van der Waals surface area contributed by atoms with E-state index in [4.69, 9.17) is 4.74 Å². The summed E-state index contributed by atoms with van der Waals surface area (Å²) in [6.07, 6.45) is 2.16. The molecule has 16 heavy (non-hydrogen) atoms. The lowest BCUT2D eigenvalue weighted by molar-refractivity contribution is -0.160. The Bertz CT molecular complexity index is 409. The van der Waals surface area contributed by atoms with Crippen molar-refractivity contribution >= 4 is 5.91 Å². The van der Waals surface area contributed by atoms with Crippen LogP contribution in [0.25, 0.3) is 0 Å². The van der Waals surface area contributed by atoms with Gasteiger partial charge in [-0.25, -0.2) is 0 Å². The van der Waals surface area contributed by atoms with Crippen LogP contribution < -0.4 is 0 Å². The fourth-order valence-corrected chi connectivity index (χ4v) is 4.70. The first-order chi connectivity index (χ1) is 7.62. The molecule has 2 aliphatic carbocycles. The van der Waals surface area contributed by atoms with Gasteiger partial charge in [-0.1, -0.05) is 6.58 Å². The minimum absolute atomic E-state index is 0.0400. The Morgan fingerprint density at radius 2 is 2.38 bits per heavy atom. The van der Waals surface area contributed by atoms with Gasteiger partial charge in [-0.15, -0.1) is 0 Å². The highest BCUT2D eigenvalue weighted by molar-refractivity contribution is 5.84. The number of rotatable bonds is 1. The van der Waals surface area contributed by atoms with Crippen molar-refractivity contribution in [2.75, 3.05) is 7.05 Å². The number of amides is 1. The highest BCUT2D eigenvalue weighted by atomic mass is 16.6. The molecule has 2 saturated carbocycles. The molecule has 0 aromatic heterocycles. The molecule has 4 fully saturated rings. The zero-order valence-electron chi connectivity index (χ0n) is 9.17. The van der Waals surface area contributed by atoms with Gasteiger partial charge in [-0.2, -0.15) is 0 Å². The molecule has 4 rings (SSSR count). The molecular weight excluding hydrogens is 206 g/mol. The zero-order valence-corrected chi connectivity index (χ0v) is 9.17. The Labute approximate surface area is 93.9 Å². The Balaban J connectivity index is 1.93. The van der Waals surface area contributed by atoms with Crippen molar-refractivity contribution < 1.29 is 14.6 Å². The lowest BCUT2D eigenvalue weighted by atomic mass is 9.77. The van der Waals surface area contributed by atoms with Crippen LogP contribution in [0.4, 0.5) is 0 Å². The predicted molar refractivity (Wildman–Crippen MR) is 55.2 cm³/mol. The number of likely N-dealkylation sites (N-methyl/N-ethyl adjacent to an activating group) is 1. The van der Waals surface area contributed by atoms with E-state index in [1.54, 1.807) is 18.0 Å². The van der Waals surface area contributed by atoms with E-state index < -0.39 is 11.8 Å². The lowest BCUT2D eigenvalue weighted by Gasteiger charge is -2.33. The first-order valence-electron chi connectivity index (χ1n) is 5.89. The molecule has 2 bridgehead atoms. The normalized spacial score (nSPS) is 61.1. The van der Waals surface area contributed by atoms with E-state index in [1.807, 2.05) is 0 Å². The first kappa shape index (κ1) is 9.19. The minimum Gasteiger partial charge on any atom is -0.390 e. The fourth-order valence-electron chi connectivity index (χ4n) is 4.70. The topological polar surface area (TPSA) is 49.8 Å². The third kappa shape index (κ3) is 0.636. The molecule has 1 amide bonds. The van der Waals surface area contributed by atoms with Crippen molar-refractivity contribution in [3.63, 3.8) is 0 Å². The predicted octanol–water partition coefficient (Wildman–Crippen LogP) is -0.0175. The number of likely N-dealkylation sites (tertiary alicyclic amines) is 1. The average molecular weight is 221 g/mol. The van der Waals surface area contributed by atoms with Crippen LogP contribution in [0.1, 0.15) is 6.42 Å². The number of nitrogens with zero attached hydrogens (tertiary/aromatic N) is 1. The largest absolute Gasteiger partial charge is 0.390 e. The molecule has 4 aliphatic rings. The van der Waals surface area contributed by atoms with Gasteiger partial charge in [-0.05, 0) is 24.3 Å². The number of fused-ring (bicyclic) bond motifs is 2. The maximum absolute atomic E-state index is 12.2. The Kier molecular flexibility index (Phi) is 1.36. The SMILES string of the molecule is C=CC12OC3C(O)C4CC3C1C4C(=O)N2C. The first-order valence-corrected chi connectivity index (χ1v) is 5.89. The monoisotopic (exact) mass is 221 g/mol. The average Bonchev–Trinajstić information content (AvgIpc) is 2.91. The Hall–Kier alpha value is -0.870. The van der Waals surface area contributed by atoms with Gasteiger partial charge in [0.05, 0.1) is 18.1 Å². The Morgan fingerprint density at radius 1 is 1.62 bits per heavy atom. The number of hydrogen-bond acceptors (Lipinski definition) is 3. The van der Waals surface area contributed by atoms with E-state index in [9.17, 15) is 9.90 Å². The number of ether oxygens (including phenoxy) is 1. The summed E-state index contributed by atoms with van der Waals surface area (Å²) in [5.74, 6) is 0.758. The second kappa shape index (κ2) is 2.36. The van der Waals surface area contributed by atoms with Crippen LogP contribution in [0.5, 0.6) is 0 Å². The van der Waals surface area contributed by atoms with Gasteiger partial charge in [0.2, 0.25) is 5.91 Å². The van der Waals surface area contributed by atoms with Crippen molar-refractivity contribution in [3.8, 4) is 0 Å². The summed E-state index contributed by atoms with van der Waals surface area (Å²) in [4.78, 5) is 13.9. The van der Waals surface area contributed by atoms with Gasteiger partial charge < -0.3 is 14.7 Å². The van der Waals surface area contributed by atoms with Crippen LogP contribution in [-0.2, 0) is 9.53 Å². The van der Waals surface area contributed by atoms with Gasteiger partial charge in [0.25, 0.3) is 0 Å². The molecular formula is C12H15NO3. The van der Waals surface area contributed by atoms with E-state index >= 15 is 0 Å². The third-order valence-electron chi connectivity index (χ3n) is 5.29. The molecule has 86 valence electrons. The third-order valence-corrected chi connectivity index (χ3v) is 5.29. The van der Waals surface area contributed by atoms with E-state index in [0.29, 0.717) is 5.92 Å². The zero-order chi connectivity index (χ0) is 11.2. The number of hydrogen-bond donors (Lipinski definition) is 1. The van der Waals surface area contributed by atoms with Gasteiger partial charge >= 0.3 is 0 Å². The molecule has 0 radical (unpaired) electrons. The van der Waals surface area contributed by atoms with Gasteiger partial charge in [0.1, 0.15) is 0 Å². The molecule has 1 N–H and O–H groups in total. The van der Waals surface area contributed by atoms with Crippen LogP contribution in [0.2, 0.25) is 0 Å². The second-order valence-corrected chi connectivity index (χ2v) is 5.54. The molecule has 4 heteroatoms. The second-order valence-electron chi connectivity index (χ2n) is 5.54. The van der Waals surface area contributed by atoms with Crippen LogP contribution in [0, 0.1) is 23.7 Å². The highest BCUT2D eigenvalue weighted by Crippen LogP contribution is 2.67. The standard InChI is InChI=1S/C12H15NO3/c1-3-12-8-6-4-5(9(14)10(6)16-12)7(8)11(15)13(12)2/h3,5-10,14H,1,4H2,2H3. The van der Waals surface area contributed by atoms with Crippen molar-refractivity contribution in [1.82, 2.24) is 4.90 Å². The summed E-state index contributed by atoms with van der Waals surface area (Å²) < 4.78 is 6.00. The molecule has 2 aliphatic heterocycles. The fraction of sp³-hybridized carbons (Fsp3) is 0.750. The number of aliphatic hydroxyl groups excluding tert-OH is 1. The van der Waals surface area contributed by atoms with Crippen LogP contribution in [0.3, 0.4) is 0 Å². The van der Waals surface area contributed by atoms with E-state index in [-0.39, 0.29) is 29.8 Å². The molecule has 2 saturated heterocycles. The highest BCUT2D eigenvalue weighted by Gasteiger charge is 2.76. The lowest BCUT2D eigenvalue weighted by Crippen LogP contribution is -2.47. The maximum atomic E-state index is 12.2. The summed E-state index contributed by atoms with van der Waals surface area (Å²) >= 11 is 0. The molecule has 0 aromatic rings. The molecule has 7 unspecified atom stereocenters. The summed E-state index contributed by atoms with van der Waals surface area (Å²) in [7, 11) is 1.79. The smallest absolute Gasteiger partial charge is 0.228 e. The Morgan fingerprint density at radius 3 is 3.06 bits per heavy atom. The summed E-state index contributed by atoms with van der Waals surface area (Å²) in [6.45, 7) is 3.84. The van der Waals surface area contributed by atoms with E-state index in [1.165, 1.54) is 0 Å². The number of carbonyl (C=O) groups excluding carboxylic acids is 1. The van der Waals surface area contributed by atoms with Crippen molar-refractivity contribution in [1.29, 1.82) is 0 Å². The quantitative estimate of drug-likeness (QED) is 0.633. The van der Waals surface area contributed by atoms with Gasteiger partial charge in [0.15, 0.2) is 5.72 Å². The van der Waals surface area contributed by atoms with Crippen LogP contribution in [0.15, 0.2) is 12.7 Å². The van der Waals surface area contributed by atoms with Crippen molar-refractivity contribution in [2.24, 2.45) is 23.7 Å². The molecule has 4 nitrogen and oxygen atoms in total. The van der Waals surface area contributed by atoms with Crippen molar-refractivity contribution in [2.45, 2.75) is 24.4 Å². The number of carbonyl (C=O) groups is 1. The van der Waals surface area contributed by atoms with Gasteiger partial charge in [-0.3, -0.25) is 4.79 Å².